The van der Waals surface area contributed by atoms with Crippen LogP contribution < -0.4 is 5.09 Å². The minimum atomic E-state index is -2.53. The largest absolute Gasteiger partial charge is 0.336 e. The van der Waals surface area contributed by atoms with Gasteiger partial charge in [0, 0.05) is 14.0 Å². The highest BCUT2D eigenvalue weighted by atomic mass is 32.5. The number of nitrogens with one attached hydrogen (secondary N) is 1. The molecule has 0 rings (SSSR count). The summed E-state index contributed by atoms with van der Waals surface area (Å²) in [4.78, 5) is 10.7. The first-order chi connectivity index (χ1) is 5.95. The number of ketones is 1. The number of nitrogens with zero attached hydrogens (tertiary/aromatic N) is 1. The van der Waals surface area contributed by atoms with Crippen LogP contribution in [-0.4, -0.2) is 25.7 Å². The molecular weight excluding hydrogens is 211 g/mol. The van der Waals surface area contributed by atoms with Gasteiger partial charge in [0.2, 0.25) is 0 Å². The number of carbonyl (C=O) groups excluding carboxylic acids is 1. The third kappa shape index (κ3) is 4.47. The van der Waals surface area contributed by atoms with E-state index < -0.39 is 6.64 Å². The Morgan fingerprint density at radius 2 is 2.08 bits per heavy atom. The summed E-state index contributed by atoms with van der Waals surface area (Å²) in [6.07, 6.45) is 0. The molecule has 0 fully saturated rings. The van der Waals surface area contributed by atoms with Gasteiger partial charge >= 0.3 is 6.64 Å². The second kappa shape index (κ2) is 5.44. The lowest BCUT2D eigenvalue weighted by Gasteiger charge is -2.14. The van der Waals surface area contributed by atoms with Crippen molar-refractivity contribution in [2.24, 2.45) is 5.16 Å². The minimum Gasteiger partial charge on any atom is -0.325 e. The minimum absolute atomic E-state index is 0.159. The molecule has 0 aromatic heterocycles. The molecule has 0 bridgehead atoms. The summed E-state index contributed by atoms with van der Waals surface area (Å²) >= 11 is 4.95. The van der Waals surface area contributed by atoms with Gasteiger partial charge in [-0.3, -0.25) is 4.79 Å². The molecule has 0 heterocycles. The highest BCUT2D eigenvalue weighted by molar-refractivity contribution is 8.08. The SMILES string of the molecule is CN[P@](=S)(OC)O/N=C(\C)C(C)=O. The number of oxime groups is 1. The van der Waals surface area contributed by atoms with Crippen molar-refractivity contribution < 1.29 is 13.9 Å². The van der Waals surface area contributed by atoms with E-state index in [1.54, 1.807) is 14.0 Å². The first-order valence-electron chi connectivity index (χ1n) is 3.54. The number of rotatable bonds is 5. The van der Waals surface area contributed by atoms with Gasteiger partial charge in [-0.05, 0) is 25.8 Å². The Kier molecular flexibility index (Phi) is 5.32. The predicted molar refractivity (Wildman–Crippen MR) is 55.2 cm³/mol. The zero-order valence-electron chi connectivity index (χ0n) is 8.03. The Morgan fingerprint density at radius 1 is 1.54 bits per heavy atom. The molecule has 0 aliphatic heterocycles. The van der Waals surface area contributed by atoms with E-state index in [0.717, 1.165) is 0 Å². The van der Waals surface area contributed by atoms with E-state index in [1.807, 2.05) is 0 Å². The van der Waals surface area contributed by atoms with Crippen LogP contribution in [0.2, 0.25) is 0 Å². The van der Waals surface area contributed by atoms with Gasteiger partial charge in [0.1, 0.15) is 5.71 Å². The predicted octanol–water partition coefficient (Wildman–Crippen LogP) is 1.06. The van der Waals surface area contributed by atoms with Crippen molar-refractivity contribution in [3.63, 3.8) is 0 Å². The van der Waals surface area contributed by atoms with Crippen LogP contribution in [0.15, 0.2) is 5.16 Å². The molecule has 0 amide bonds. The van der Waals surface area contributed by atoms with E-state index in [4.69, 9.17) is 21.0 Å². The Hall–Kier alpha value is -0.290. The Balaban J connectivity index is 4.37. The molecule has 13 heavy (non-hydrogen) atoms. The van der Waals surface area contributed by atoms with Gasteiger partial charge in [0.25, 0.3) is 0 Å². The average Bonchev–Trinajstić information content (AvgIpc) is 2.13. The molecule has 0 aliphatic rings. The van der Waals surface area contributed by atoms with Crippen LogP contribution in [0.3, 0.4) is 0 Å². The number of Topliss-reactive ketones (excluding diaryl/α,β-unsaturated/α-hetero) is 1. The maximum absolute atomic E-state index is 10.7. The van der Waals surface area contributed by atoms with Crippen LogP contribution in [0.25, 0.3) is 0 Å². The lowest BCUT2D eigenvalue weighted by atomic mass is 10.3. The highest BCUT2D eigenvalue weighted by Gasteiger charge is 2.15. The molecule has 1 N–H and O–H groups in total. The van der Waals surface area contributed by atoms with Gasteiger partial charge in [-0.1, -0.05) is 5.16 Å². The molecule has 0 saturated heterocycles. The van der Waals surface area contributed by atoms with Crippen LogP contribution in [0.5, 0.6) is 0 Å². The second-order valence-corrected chi connectivity index (χ2v) is 5.63. The lowest BCUT2D eigenvalue weighted by molar-refractivity contribution is -0.111. The normalized spacial score (nSPS) is 16.5. The Bertz CT molecular complexity index is 259. The average molecular weight is 224 g/mol. The van der Waals surface area contributed by atoms with Crippen molar-refractivity contribution in [1.29, 1.82) is 0 Å². The van der Waals surface area contributed by atoms with Crippen molar-refractivity contribution in [1.82, 2.24) is 5.09 Å². The Labute approximate surface area is 82.7 Å². The number of hydrogen-bond donors (Lipinski definition) is 1. The van der Waals surface area contributed by atoms with Gasteiger partial charge in [-0.25, -0.2) is 5.09 Å². The monoisotopic (exact) mass is 224 g/mol. The molecule has 0 saturated carbocycles. The number of carbonyl (C=O) groups is 1. The molecule has 7 heteroatoms. The molecule has 0 spiro atoms. The smallest absolute Gasteiger partial charge is 0.325 e. The topological polar surface area (TPSA) is 59.9 Å². The van der Waals surface area contributed by atoms with Crippen molar-refractivity contribution in [3.05, 3.63) is 0 Å². The van der Waals surface area contributed by atoms with E-state index in [1.165, 1.54) is 14.0 Å². The standard InChI is InChI=1S/C6H13N2O3PS/c1-5(6(2)9)8-11-12(13,7-3)10-4/h1-4H3,(H,7,13)/b8-5+/t12-/m0/s1. The summed E-state index contributed by atoms with van der Waals surface area (Å²) in [5.41, 5.74) is 0.265. The molecular formula is C6H13N2O3PS. The second-order valence-electron chi connectivity index (χ2n) is 2.22. The molecule has 0 aliphatic carbocycles. The van der Waals surface area contributed by atoms with E-state index >= 15 is 0 Å². The van der Waals surface area contributed by atoms with Crippen molar-refractivity contribution in [3.8, 4) is 0 Å². The zero-order valence-corrected chi connectivity index (χ0v) is 9.74. The molecule has 0 aromatic rings. The van der Waals surface area contributed by atoms with Gasteiger partial charge in [-0.2, -0.15) is 0 Å². The van der Waals surface area contributed by atoms with Gasteiger partial charge in [0.15, 0.2) is 5.78 Å². The van der Waals surface area contributed by atoms with E-state index in [0.29, 0.717) is 0 Å². The Morgan fingerprint density at radius 3 is 2.38 bits per heavy atom. The van der Waals surface area contributed by atoms with Crippen molar-refractivity contribution in [2.75, 3.05) is 14.2 Å². The zero-order chi connectivity index (χ0) is 10.5. The fraction of sp³-hybridized carbons (Fsp3) is 0.667. The quantitative estimate of drug-likeness (QED) is 0.430. The van der Waals surface area contributed by atoms with Crippen LogP contribution in [0.1, 0.15) is 13.8 Å². The van der Waals surface area contributed by atoms with Crippen LogP contribution in [0.4, 0.5) is 0 Å². The lowest BCUT2D eigenvalue weighted by Crippen LogP contribution is -2.09. The highest BCUT2D eigenvalue weighted by Crippen LogP contribution is 2.42. The van der Waals surface area contributed by atoms with Crippen molar-refractivity contribution >= 4 is 29.9 Å². The number of hydrogen-bond acceptors (Lipinski definition) is 5. The van der Waals surface area contributed by atoms with Crippen molar-refractivity contribution in [2.45, 2.75) is 13.8 Å². The first-order valence-corrected chi connectivity index (χ1v) is 6.18. The molecule has 0 aromatic carbocycles. The first kappa shape index (κ1) is 12.7. The van der Waals surface area contributed by atoms with Crippen LogP contribution in [-0.2, 0) is 25.7 Å². The van der Waals surface area contributed by atoms with Gasteiger partial charge in [-0.15, -0.1) is 0 Å². The van der Waals surface area contributed by atoms with Crippen LogP contribution >= 0.6 is 6.64 Å². The summed E-state index contributed by atoms with van der Waals surface area (Å²) in [6.45, 7) is 0.418. The molecule has 5 nitrogen and oxygen atoms in total. The summed E-state index contributed by atoms with van der Waals surface area (Å²) in [6, 6.07) is 0. The molecule has 0 unspecified atom stereocenters. The maximum Gasteiger partial charge on any atom is 0.336 e. The van der Waals surface area contributed by atoms with Gasteiger partial charge < -0.3 is 9.15 Å². The summed E-state index contributed by atoms with van der Waals surface area (Å²) < 4.78 is 9.80. The van der Waals surface area contributed by atoms with E-state index in [-0.39, 0.29) is 11.5 Å². The molecule has 76 valence electrons. The summed E-state index contributed by atoms with van der Waals surface area (Å²) in [7, 11) is 3.04. The molecule has 0 radical (unpaired) electrons. The summed E-state index contributed by atoms with van der Waals surface area (Å²) in [5, 5.41) is 6.25. The summed E-state index contributed by atoms with van der Waals surface area (Å²) in [5.74, 6) is -0.159. The fourth-order valence-electron chi connectivity index (χ4n) is 0.345. The fourth-order valence-corrected chi connectivity index (χ4v) is 1.01. The van der Waals surface area contributed by atoms with Gasteiger partial charge in [0.05, 0.1) is 0 Å². The third-order valence-corrected chi connectivity index (χ3v) is 3.83. The van der Waals surface area contributed by atoms with E-state index in [2.05, 4.69) is 10.2 Å². The van der Waals surface area contributed by atoms with E-state index in [9.17, 15) is 4.79 Å². The third-order valence-electron chi connectivity index (χ3n) is 1.31. The molecule has 1 atom stereocenters. The maximum atomic E-state index is 10.7. The van der Waals surface area contributed by atoms with Crippen LogP contribution in [0, 0.1) is 0 Å².